The van der Waals surface area contributed by atoms with E-state index in [9.17, 15) is 9.18 Å². The zero-order chi connectivity index (χ0) is 11.4. The van der Waals surface area contributed by atoms with E-state index in [1.54, 1.807) is 28.8 Å². The number of hydrogen-bond donors (Lipinski definition) is 0. The minimum Gasteiger partial charge on any atom is -0.293 e. The van der Waals surface area contributed by atoms with Crippen LogP contribution in [0.25, 0.3) is 0 Å². The number of benzene rings is 1. The number of thioether (sulfide) groups is 1. The van der Waals surface area contributed by atoms with Crippen molar-refractivity contribution in [1.82, 2.24) is 4.90 Å². The first-order valence-electron chi connectivity index (χ1n) is 5.31. The Hall–Kier alpha value is -0.870. The quantitative estimate of drug-likeness (QED) is 0.596. The average molecular weight is 239 g/mol. The van der Waals surface area contributed by atoms with Crippen LogP contribution in [0.1, 0.15) is 10.4 Å². The van der Waals surface area contributed by atoms with Crippen molar-refractivity contribution in [2.45, 2.75) is 6.30 Å². The molecule has 1 heterocycles. The number of halogens is 1. The van der Waals surface area contributed by atoms with Crippen LogP contribution in [0.2, 0.25) is 0 Å². The molecule has 1 aliphatic heterocycles. The van der Waals surface area contributed by atoms with Gasteiger partial charge in [-0.05, 0) is 0 Å². The van der Waals surface area contributed by atoms with E-state index in [0.29, 0.717) is 17.9 Å². The highest BCUT2D eigenvalue weighted by atomic mass is 32.2. The van der Waals surface area contributed by atoms with Crippen LogP contribution in [-0.4, -0.2) is 41.6 Å². The molecule has 1 aliphatic rings. The first-order chi connectivity index (χ1) is 7.77. The molecule has 1 aromatic rings. The average Bonchev–Trinajstić information content (AvgIpc) is 2.33. The Balaban J connectivity index is 1.96. The van der Waals surface area contributed by atoms with E-state index in [0.717, 1.165) is 5.75 Å². The Morgan fingerprint density at radius 3 is 2.88 bits per heavy atom. The van der Waals surface area contributed by atoms with Gasteiger partial charge in [-0.15, -0.1) is 0 Å². The van der Waals surface area contributed by atoms with Crippen LogP contribution in [0.4, 0.5) is 4.39 Å². The molecule has 1 fully saturated rings. The molecule has 1 unspecified atom stereocenters. The van der Waals surface area contributed by atoms with Crippen LogP contribution in [0, 0.1) is 0 Å². The molecular formula is C12H14FNOS. The Labute approximate surface area is 98.8 Å². The van der Waals surface area contributed by atoms with Crippen molar-refractivity contribution in [2.75, 3.05) is 24.6 Å². The van der Waals surface area contributed by atoms with E-state index in [2.05, 4.69) is 0 Å². The number of ketones is 1. The van der Waals surface area contributed by atoms with Gasteiger partial charge < -0.3 is 0 Å². The van der Waals surface area contributed by atoms with Gasteiger partial charge in [0.2, 0.25) is 0 Å². The zero-order valence-corrected chi connectivity index (χ0v) is 9.75. The summed E-state index contributed by atoms with van der Waals surface area (Å²) in [5.41, 5.74) is 0.660. The summed E-state index contributed by atoms with van der Waals surface area (Å²) in [5, 5.41) is 0. The molecule has 1 aromatic carbocycles. The van der Waals surface area contributed by atoms with Gasteiger partial charge in [-0.3, -0.25) is 9.69 Å². The maximum atomic E-state index is 13.5. The third-order valence-corrected chi connectivity index (χ3v) is 3.60. The van der Waals surface area contributed by atoms with Gasteiger partial charge in [-0.25, -0.2) is 4.39 Å². The molecule has 0 spiro atoms. The van der Waals surface area contributed by atoms with Crippen molar-refractivity contribution in [3.63, 3.8) is 0 Å². The lowest BCUT2D eigenvalue weighted by Crippen LogP contribution is -2.42. The fraction of sp³-hybridized carbons (Fsp3) is 0.417. The smallest absolute Gasteiger partial charge is 0.176 e. The summed E-state index contributed by atoms with van der Waals surface area (Å²) in [7, 11) is 0. The Morgan fingerprint density at radius 1 is 1.44 bits per heavy atom. The maximum absolute atomic E-state index is 13.5. The molecule has 0 amide bonds. The fourth-order valence-corrected chi connectivity index (χ4v) is 2.62. The number of Topliss-reactive ketones (excluding diaryl/α,β-unsaturated/α-hetero) is 1. The predicted molar refractivity (Wildman–Crippen MR) is 64.6 cm³/mol. The molecule has 16 heavy (non-hydrogen) atoms. The lowest BCUT2D eigenvalue weighted by molar-refractivity contribution is 0.0745. The van der Waals surface area contributed by atoms with Gasteiger partial charge in [0, 0.05) is 23.6 Å². The second-order valence-corrected chi connectivity index (χ2v) is 4.92. The number of carbonyl (C=O) groups excluding carboxylic acids is 1. The summed E-state index contributed by atoms with van der Waals surface area (Å²) in [5.74, 6) is 1.38. The van der Waals surface area contributed by atoms with Crippen molar-refractivity contribution >= 4 is 17.5 Å². The molecule has 0 aliphatic carbocycles. The van der Waals surface area contributed by atoms with Gasteiger partial charge in [-0.2, -0.15) is 11.8 Å². The lowest BCUT2D eigenvalue weighted by atomic mass is 10.1. The highest BCUT2D eigenvalue weighted by Crippen LogP contribution is 2.17. The van der Waals surface area contributed by atoms with Crippen LogP contribution in [-0.2, 0) is 0 Å². The molecule has 0 aromatic heterocycles. The van der Waals surface area contributed by atoms with E-state index >= 15 is 0 Å². The van der Waals surface area contributed by atoms with Crippen molar-refractivity contribution in [3.8, 4) is 0 Å². The van der Waals surface area contributed by atoms with Gasteiger partial charge in [0.15, 0.2) is 12.1 Å². The van der Waals surface area contributed by atoms with Gasteiger partial charge in [0.05, 0.1) is 6.54 Å². The summed E-state index contributed by atoms with van der Waals surface area (Å²) < 4.78 is 13.5. The molecular weight excluding hydrogens is 225 g/mol. The second-order valence-electron chi connectivity index (χ2n) is 3.77. The number of hydrogen-bond acceptors (Lipinski definition) is 3. The van der Waals surface area contributed by atoms with E-state index in [-0.39, 0.29) is 12.3 Å². The standard InChI is InChI=1S/C12H14FNOS/c13-12-9-16-7-6-14(12)8-11(15)10-4-2-1-3-5-10/h1-5,12H,6-9H2. The lowest BCUT2D eigenvalue weighted by Gasteiger charge is -2.29. The summed E-state index contributed by atoms with van der Waals surface area (Å²) in [6.07, 6.45) is -0.980. The SMILES string of the molecule is O=C(CN1CCSCC1F)c1ccccc1. The van der Waals surface area contributed by atoms with Crippen molar-refractivity contribution in [2.24, 2.45) is 0 Å². The number of rotatable bonds is 3. The molecule has 0 radical (unpaired) electrons. The topological polar surface area (TPSA) is 20.3 Å². The molecule has 1 atom stereocenters. The Kier molecular flexibility index (Phi) is 3.96. The summed E-state index contributed by atoms with van der Waals surface area (Å²) in [6, 6.07) is 9.06. The number of alkyl halides is 1. The van der Waals surface area contributed by atoms with Crippen LogP contribution < -0.4 is 0 Å². The largest absolute Gasteiger partial charge is 0.293 e. The van der Waals surface area contributed by atoms with E-state index in [4.69, 9.17) is 0 Å². The van der Waals surface area contributed by atoms with Crippen LogP contribution >= 0.6 is 11.8 Å². The summed E-state index contributed by atoms with van der Waals surface area (Å²) >= 11 is 1.60. The Bertz CT molecular complexity index is 357. The van der Waals surface area contributed by atoms with Gasteiger partial charge in [-0.1, -0.05) is 30.3 Å². The van der Waals surface area contributed by atoms with Crippen LogP contribution in [0.3, 0.4) is 0 Å². The fourth-order valence-electron chi connectivity index (χ4n) is 1.69. The summed E-state index contributed by atoms with van der Waals surface area (Å²) in [4.78, 5) is 13.5. The third kappa shape index (κ3) is 2.83. The second kappa shape index (κ2) is 5.46. The molecule has 0 N–H and O–H groups in total. The summed E-state index contributed by atoms with van der Waals surface area (Å²) in [6.45, 7) is 0.843. The molecule has 2 rings (SSSR count). The van der Waals surface area contributed by atoms with E-state index in [1.165, 1.54) is 0 Å². The third-order valence-electron chi connectivity index (χ3n) is 2.62. The monoisotopic (exact) mass is 239 g/mol. The minimum absolute atomic E-state index is 0.00449. The first kappa shape index (κ1) is 11.6. The van der Waals surface area contributed by atoms with Gasteiger partial charge in [0.1, 0.15) is 0 Å². The molecule has 86 valence electrons. The highest BCUT2D eigenvalue weighted by molar-refractivity contribution is 7.99. The normalized spacial score (nSPS) is 21.9. The van der Waals surface area contributed by atoms with Crippen LogP contribution in [0.5, 0.6) is 0 Å². The number of nitrogens with zero attached hydrogens (tertiary/aromatic N) is 1. The molecule has 1 saturated heterocycles. The predicted octanol–water partition coefficient (Wildman–Crippen LogP) is 2.21. The molecule has 0 saturated carbocycles. The Morgan fingerprint density at radius 2 is 2.19 bits per heavy atom. The van der Waals surface area contributed by atoms with Gasteiger partial charge in [0.25, 0.3) is 0 Å². The molecule has 4 heteroatoms. The van der Waals surface area contributed by atoms with Crippen LogP contribution in [0.15, 0.2) is 30.3 Å². The first-order valence-corrected chi connectivity index (χ1v) is 6.47. The van der Waals surface area contributed by atoms with Crippen molar-refractivity contribution in [1.29, 1.82) is 0 Å². The van der Waals surface area contributed by atoms with Crippen molar-refractivity contribution in [3.05, 3.63) is 35.9 Å². The van der Waals surface area contributed by atoms with E-state index < -0.39 is 6.30 Å². The molecule has 2 nitrogen and oxygen atoms in total. The van der Waals surface area contributed by atoms with Gasteiger partial charge >= 0.3 is 0 Å². The van der Waals surface area contributed by atoms with E-state index in [1.807, 2.05) is 18.2 Å². The van der Waals surface area contributed by atoms with Crippen molar-refractivity contribution < 1.29 is 9.18 Å². The maximum Gasteiger partial charge on any atom is 0.176 e. The minimum atomic E-state index is -0.980. The number of carbonyl (C=O) groups is 1. The zero-order valence-electron chi connectivity index (χ0n) is 8.93. The highest BCUT2D eigenvalue weighted by Gasteiger charge is 2.24. The molecule has 0 bridgehead atoms.